The molecule has 0 radical (unpaired) electrons. The fourth-order valence-corrected chi connectivity index (χ4v) is 2.22. The lowest BCUT2D eigenvalue weighted by atomic mass is 10.2. The van der Waals surface area contributed by atoms with Crippen molar-refractivity contribution >= 4 is 9.84 Å². The maximum absolute atomic E-state index is 11.5. The molecule has 1 heterocycles. The summed E-state index contributed by atoms with van der Waals surface area (Å²) in [6, 6.07) is 8.02. The van der Waals surface area contributed by atoms with Gasteiger partial charge in [0.05, 0.1) is 4.90 Å². The Morgan fingerprint density at radius 1 is 1.32 bits per heavy atom. The highest BCUT2D eigenvalue weighted by atomic mass is 32.2. The zero-order valence-electron chi connectivity index (χ0n) is 10.4. The molecule has 19 heavy (non-hydrogen) atoms. The molecule has 0 aliphatic heterocycles. The Bertz CT molecular complexity index is 684. The van der Waals surface area contributed by atoms with Crippen molar-refractivity contribution in [2.45, 2.75) is 11.4 Å². The molecule has 0 aliphatic carbocycles. The van der Waals surface area contributed by atoms with Gasteiger partial charge in [-0.05, 0) is 24.3 Å². The first kappa shape index (κ1) is 13.5. The van der Waals surface area contributed by atoms with E-state index in [0.29, 0.717) is 18.0 Å². The average Bonchev–Trinajstić information content (AvgIpc) is 2.39. The summed E-state index contributed by atoms with van der Waals surface area (Å²) in [5.74, 6) is 1.02. The fraction of sp³-hybridized carbons (Fsp3) is 0.154. The number of benzene rings is 1. The number of hydrogen-bond acceptors (Lipinski definition) is 5. The van der Waals surface area contributed by atoms with Crippen LogP contribution >= 0.6 is 0 Å². The van der Waals surface area contributed by atoms with Crippen molar-refractivity contribution < 1.29 is 13.2 Å². The minimum atomic E-state index is -3.25. The molecule has 1 aromatic heterocycles. The van der Waals surface area contributed by atoms with E-state index in [1.54, 1.807) is 30.6 Å². The van der Waals surface area contributed by atoms with Gasteiger partial charge in [0.1, 0.15) is 11.5 Å². The van der Waals surface area contributed by atoms with Gasteiger partial charge in [-0.1, -0.05) is 6.07 Å². The Morgan fingerprint density at radius 3 is 2.79 bits per heavy atom. The third kappa shape index (κ3) is 3.30. The number of nitrogens with zero attached hydrogens (tertiary/aromatic N) is 1. The average molecular weight is 278 g/mol. The van der Waals surface area contributed by atoms with Crippen LogP contribution in [0.1, 0.15) is 5.56 Å². The second kappa shape index (κ2) is 5.38. The minimum Gasteiger partial charge on any atom is -0.457 e. The number of nitrogens with two attached hydrogens (primary N) is 1. The molecule has 0 unspecified atom stereocenters. The molecule has 0 atom stereocenters. The summed E-state index contributed by atoms with van der Waals surface area (Å²) >= 11 is 0. The molecule has 2 rings (SSSR count). The zero-order valence-corrected chi connectivity index (χ0v) is 11.2. The van der Waals surface area contributed by atoms with Crippen molar-refractivity contribution in [1.82, 2.24) is 4.98 Å². The number of pyridine rings is 1. The number of sulfone groups is 1. The molecule has 2 aromatic rings. The maximum atomic E-state index is 11.5. The van der Waals surface area contributed by atoms with E-state index in [2.05, 4.69) is 4.98 Å². The first-order valence-corrected chi connectivity index (χ1v) is 7.51. The summed E-state index contributed by atoms with van der Waals surface area (Å²) in [4.78, 5) is 4.17. The number of aromatic nitrogens is 1. The molecule has 2 N–H and O–H groups in total. The smallest absolute Gasteiger partial charge is 0.175 e. The van der Waals surface area contributed by atoms with Gasteiger partial charge in [0.25, 0.3) is 0 Å². The molecule has 6 heteroatoms. The summed E-state index contributed by atoms with van der Waals surface area (Å²) in [5.41, 5.74) is 6.34. The molecular weight excluding hydrogens is 264 g/mol. The van der Waals surface area contributed by atoms with Crippen LogP contribution in [-0.4, -0.2) is 19.7 Å². The third-order valence-electron chi connectivity index (χ3n) is 2.54. The lowest BCUT2D eigenvalue weighted by molar-refractivity contribution is 0.473. The minimum absolute atomic E-state index is 0.216. The zero-order chi connectivity index (χ0) is 13.9. The van der Waals surface area contributed by atoms with E-state index in [1.165, 1.54) is 12.1 Å². The molecule has 0 saturated heterocycles. The fourth-order valence-electron chi connectivity index (χ4n) is 1.56. The van der Waals surface area contributed by atoms with Gasteiger partial charge in [-0.25, -0.2) is 8.42 Å². The summed E-state index contributed by atoms with van der Waals surface area (Å²) in [7, 11) is -3.25. The number of hydrogen-bond donors (Lipinski definition) is 1. The highest BCUT2D eigenvalue weighted by Crippen LogP contribution is 2.26. The molecule has 0 bridgehead atoms. The van der Waals surface area contributed by atoms with Crippen molar-refractivity contribution in [3.63, 3.8) is 0 Å². The van der Waals surface area contributed by atoms with Crippen LogP contribution in [0.3, 0.4) is 0 Å². The molecule has 1 aromatic carbocycles. The molecule has 0 aliphatic rings. The molecule has 5 nitrogen and oxygen atoms in total. The van der Waals surface area contributed by atoms with Crippen LogP contribution in [0.2, 0.25) is 0 Å². The van der Waals surface area contributed by atoms with Crippen molar-refractivity contribution in [2.75, 3.05) is 6.26 Å². The highest BCUT2D eigenvalue weighted by Gasteiger charge is 2.09. The van der Waals surface area contributed by atoms with Crippen LogP contribution in [0.4, 0.5) is 0 Å². The van der Waals surface area contributed by atoms with Gasteiger partial charge in [0.15, 0.2) is 9.84 Å². The Kier molecular flexibility index (Phi) is 3.82. The summed E-state index contributed by atoms with van der Waals surface area (Å²) in [6.45, 7) is 0.301. The second-order valence-corrected chi connectivity index (χ2v) is 6.05. The standard InChI is InChI=1S/C13H14N2O3S/c1-19(16,17)12-4-2-3-11(7-12)18-13-5-6-15-9-10(13)8-14/h2-7,9H,8,14H2,1H3. The van der Waals surface area contributed by atoms with Gasteiger partial charge in [-0.15, -0.1) is 0 Å². The summed E-state index contributed by atoms with van der Waals surface area (Å²) < 4.78 is 28.6. The molecule has 0 saturated carbocycles. The largest absolute Gasteiger partial charge is 0.457 e. The van der Waals surface area contributed by atoms with E-state index < -0.39 is 9.84 Å². The van der Waals surface area contributed by atoms with Crippen LogP contribution in [-0.2, 0) is 16.4 Å². The third-order valence-corrected chi connectivity index (χ3v) is 3.65. The van der Waals surface area contributed by atoms with Crippen molar-refractivity contribution in [2.24, 2.45) is 5.73 Å². The Balaban J connectivity index is 2.34. The predicted octanol–water partition coefficient (Wildman–Crippen LogP) is 1.74. The van der Waals surface area contributed by atoms with Gasteiger partial charge in [0, 0.05) is 30.8 Å². The number of rotatable bonds is 4. The van der Waals surface area contributed by atoms with Gasteiger partial charge in [0.2, 0.25) is 0 Å². The van der Waals surface area contributed by atoms with Crippen LogP contribution in [0.5, 0.6) is 11.5 Å². The van der Waals surface area contributed by atoms with E-state index in [4.69, 9.17) is 10.5 Å². The summed E-state index contributed by atoms with van der Waals surface area (Å²) in [6.07, 6.45) is 4.37. The molecule has 0 spiro atoms. The summed E-state index contributed by atoms with van der Waals surface area (Å²) in [5, 5.41) is 0. The van der Waals surface area contributed by atoms with Crippen molar-refractivity contribution in [3.8, 4) is 11.5 Å². The quantitative estimate of drug-likeness (QED) is 0.921. The predicted molar refractivity (Wildman–Crippen MR) is 71.8 cm³/mol. The van der Waals surface area contributed by atoms with Gasteiger partial charge < -0.3 is 10.5 Å². The lowest BCUT2D eigenvalue weighted by Gasteiger charge is -2.10. The van der Waals surface area contributed by atoms with Crippen LogP contribution < -0.4 is 10.5 Å². The van der Waals surface area contributed by atoms with E-state index >= 15 is 0 Å². The number of ether oxygens (including phenoxy) is 1. The van der Waals surface area contributed by atoms with Gasteiger partial charge in [-0.3, -0.25) is 4.98 Å². The first-order valence-electron chi connectivity index (χ1n) is 5.61. The molecule has 0 fully saturated rings. The van der Waals surface area contributed by atoms with Crippen molar-refractivity contribution in [3.05, 3.63) is 48.3 Å². The first-order chi connectivity index (χ1) is 9.00. The molecular formula is C13H14N2O3S. The molecule has 100 valence electrons. The monoisotopic (exact) mass is 278 g/mol. The van der Waals surface area contributed by atoms with E-state index in [1.807, 2.05) is 0 Å². The normalized spacial score (nSPS) is 11.3. The van der Waals surface area contributed by atoms with E-state index in [0.717, 1.165) is 11.8 Å². The Hall–Kier alpha value is -1.92. The van der Waals surface area contributed by atoms with E-state index in [-0.39, 0.29) is 4.90 Å². The Labute approximate surface area is 112 Å². The highest BCUT2D eigenvalue weighted by molar-refractivity contribution is 7.90. The van der Waals surface area contributed by atoms with E-state index in [9.17, 15) is 8.42 Å². The van der Waals surface area contributed by atoms with Gasteiger partial charge >= 0.3 is 0 Å². The topological polar surface area (TPSA) is 82.3 Å². The molecule has 0 amide bonds. The van der Waals surface area contributed by atoms with Crippen LogP contribution in [0.15, 0.2) is 47.6 Å². The van der Waals surface area contributed by atoms with Crippen LogP contribution in [0.25, 0.3) is 0 Å². The lowest BCUT2D eigenvalue weighted by Crippen LogP contribution is -2.01. The van der Waals surface area contributed by atoms with Crippen LogP contribution in [0, 0.1) is 0 Å². The second-order valence-electron chi connectivity index (χ2n) is 4.04. The Morgan fingerprint density at radius 2 is 2.11 bits per heavy atom. The maximum Gasteiger partial charge on any atom is 0.175 e. The van der Waals surface area contributed by atoms with Crippen molar-refractivity contribution in [1.29, 1.82) is 0 Å². The SMILES string of the molecule is CS(=O)(=O)c1cccc(Oc2ccncc2CN)c1. The van der Waals surface area contributed by atoms with Gasteiger partial charge in [-0.2, -0.15) is 0 Å².